The lowest BCUT2D eigenvalue weighted by molar-refractivity contribution is 0.472. The molecule has 0 aliphatic heterocycles. The van der Waals surface area contributed by atoms with Crippen LogP contribution in [0.25, 0.3) is 0 Å². The maximum atomic E-state index is 5.87. The van der Waals surface area contributed by atoms with Gasteiger partial charge in [0.25, 0.3) is 0 Å². The first-order valence-corrected chi connectivity index (χ1v) is 7.03. The highest BCUT2D eigenvalue weighted by molar-refractivity contribution is 5.12. The summed E-state index contributed by atoms with van der Waals surface area (Å²) in [7, 11) is 0. The van der Waals surface area contributed by atoms with Crippen molar-refractivity contribution >= 4 is 0 Å². The Balaban J connectivity index is 2.09. The Morgan fingerprint density at radius 1 is 1.26 bits per heavy atom. The highest BCUT2D eigenvalue weighted by Crippen LogP contribution is 2.12. The van der Waals surface area contributed by atoms with E-state index in [4.69, 9.17) is 5.73 Å². The molecule has 4 heteroatoms. The van der Waals surface area contributed by atoms with Crippen LogP contribution in [-0.4, -0.2) is 20.4 Å². The Labute approximate surface area is 115 Å². The number of nitrogens with two attached hydrogens (primary N) is 1. The Morgan fingerprint density at radius 2 is 2.05 bits per heavy atom. The van der Waals surface area contributed by atoms with E-state index in [-0.39, 0.29) is 6.04 Å². The van der Waals surface area contributed by atoms with Crippen molar-refractivity contribution in [2.45, 2.75) is 52.2 Å². The van der Waals surface area contributed by atoms with Gasteiger partial charge in [0.1, 0.15) is 0 Å². The Kier molecular flexibility index (Phi) is 4.43. The van der Waals surface area contributed by atoms with Gasteiger partial charge in [-0.25, -0.2) is 0 Å². The van der Waals surface area contributed by atoms with E-state index >= 15 is 0 Å². The average Bonchev–Trinajstić information content (AvgIpc) is 2.99. The lowest BCUT2D eigenvalue weighted by atomic mass is 10.2. The molecule has 2 unspecified atom stereocenters. The highest BCUT2D eigenvalue weighted by atomic mass is 15.3. The second kappa shape index (κ2) is 6.06. The molecule has 2 N–H and O–H groups in total. The molecule has 104 valence electrons. The molecule has 0 aromatic carbocycles. The maximum absolute atomic E-state index is 5.87. The molecule has 0 fully saturated rings. The molecule has 0 spiro atoms. The number of hydrogen-bond acceptors (Lipinski definition) is 2. The van der Waals surface area contributed by atoms with E-state index < -0.39 is 0 Å². The van der Waals surface area contributed by atoms with Crippen LogP contribution in [0, 0.1) is 0 Å². The van der Waals surface area contributed by atoms with Gasteiger partial charge in [-0.15, -0.1) is 0 Å². The van der Waals surface area contributed by atoms with E-state index in [9.17, 15) is 0 Å². The van der Waals surface area contributed by atoms with Crippen LogP contribution in [-0.2, 0) is 13.0 Å². The predicted molar refractivity (Wildman–Crippen MR) is 78.1 cm³/mol. The van der Waals surface area contributed by atoms with Gasteiger partial charge in [-0.3, -0.25) is 4.68 Å². The average molecular weight is 260 g/mol. The molecule has 2 rings (SSSR count). The molecule has 2 aromatic rings. The first-order valence-electron chi connectivity index (χ1n) is 7.03. The molecular formula is C15H24N4. The zero-order valence-corrected chi connectivity index (χ0v) is 12.1. The third kappa shape index (κ3) is 3.47. The predicted octanol–water partition coefficient (Wildman–Crippen LogP) is 2.59. The van der Waals surface area contributed by atoms with E-state index in [1.807, 2.05) is 11.6 Å². The normalized spacial score (nSPS) is 14.5. The minimum absolute atomic E-state index is 0.186. The van der Waals surface area contributed by atoms with E-state index in [0.29, 0.717) is 6.04 Å². The van der Waals surface area contributed by atoms with E-state index in [0.717, 1.165) is 25.1 Å². The van der Waals surface area contributed by atoms with Gasteiger partial charge < -0.3 is 10.3 Å². The van der Waals surface area contributed by atoms with Crippen molar-refractivity contribution in [1.29, 1.82) is 0 Å². The summed E-state index contributed by atoms with van der Waals surface area (Å²) in [4.78, 5) is 0. The summed E-state index contributed by atoms with van der Waals surface area (Å²) in [5.41, 5.74) is 8.25. The molecule has 2 aromatic heterocycles. The number of nitrogens with zero attached hydrogens (tertiary/aromatic N) is 3. The molecule has 0 radical (unpaired) electrons. The van der Waals surface area contributed by atoms with Crippen molar-refractivity contribution < 1.29 is 0 Å². The molecular weight excluding hydrogens is 236 g/mol. The second-order valence-electron chi connectivity index (χ2n) is 5.35. The van der Waals surface area contributed by atoms with E-state index in [2.05, 4.69) is 54.1 Å². The molecule has 0 aliphatic rings. The molecule has 0 saturated heterocycles. The van der Waals surface area contributed by atoms with Crippen LogP contribution in [0.2, 0.25) is 0 Å². The van der Waals surface area contributed by atoms with Gasteiger partial charge in [-0.2, -0.15) is 5.10 Å². The monoisotopic (exact) mass is 260 g/mol. The number of rotatable bonds is 6. The molecule has 0 saturated carbocycles. The Hall–Kier alpha value is -1.55. The lowest BCUT2D eigenvalue weighted by Gasteiger charge is -2.11. The third-order valence-electron chi connectivity index (χ3n) is 3.49. The third-order valence-corrected chi connectivity index (χ3v) is 3.49. The zero-order chi connectivity index (χ0) is 13.8. The maximum Gasteiger partial charge on any atom is 0.0821 e. The van der Waals surface area contributed by atoms with Crippen LogP contribution in [0.15, 0.2) is 30.6 Å². The van der Waals surface area contributed by atoms with Crippen LogP contribution in [0.5, 0.6) is 0 Å². The molecule has 4 nitrogen and oxygen atoms in total. The van der Waals surface area contributed by atoms with Gasteiger partial charge >= 0.3 is 0 Å². The van der Waals surface area contributed by atoms with Gasteiger partial charge in [0.15, 0.2) is 0 Å². The zero-order valence-electron chi connectivity index (χ0n) is 12.1. The van der Waals surface area contributed by atoms with Gasteiger partial charge in [-0.1, -0.05) is 6.92 Å². The van der Waals surface area contributed by atoms with E-state index in [1.54, 1.807) is 0 Å². The van der Waals surface area contributed by atoms with E-state index in [1.165, 1.54) is 5.69 Å². The fourth-order valence-corrected chi connectivity index (χ4v) is 2.19. The summed E-state index contributed by atoms with van der Waals surface area (Å²) >= 11 is 0. The summed E-state index contributed by atoms with van der Waals surface area (Å²) in [6.07, 6.45) is 6.16. The number of hydrogen-bond donors (Lipinski definition) is 1. The first-order chi connectivity index (χ1) is 9.10. The smallest absolute Gasteiger partial charge is 0.0821 e. The first kappa shape index (κ1) is 13.9. The van der Waals surface area contributed by atoms with Crippen LogP contribution < -0.4 is 5.73 Å². The van der Waals surface area contributed by atoms with Crippen molar-refractivity contribution in [3.05, 3.63) is 42.0 Å². The van der Waals surface area contributed by atoms with Gasteiger partial charge in [0, 0.05) is 36.6 Å². The standard InChI is InChI=1S/C15H24N4/c1-4-13(3)19-9-7-14(17-19)11-18-8-5-6-15(18)10-12(2)16/h5-9,12-13H,4,10-11,16H2,1-3H3. The van der Waals surface area contributed by atoms with Gasteiger partial charge in [-0.05, 0) is 38.5 Å². The second-order valence-corrected chi connectivity index (χ2v) is 5.35. The Bertz CT molecular complexity index is 510. The molecule has 0 amide bonds. The summed E-state index contributed by atoms with van der Waals surface area (Å²) in [6, 6.07) is 6.95. The van der Waals surface area contributed by atoms with Crippen molar-refractivity contribution in [2.75, 3.05) is 0 Å². The Morgan fingerprint density at radius 3 is 2.74 bits per heavy atom. The van der Waals surface area contributed by atoms with Gasteiger partial charge in [0.05, 0.1) is 12.2 Å². The molecule has 0 bridgehead atoms. The highest BCUT2D eigenvalue weighted by Gasteiger charge is 2.08. The molecule has 0 aliphatic carbocycles. The van der Waals surface area contributed by atoms with Crippen LogP contribution in [0.3, 0.4) is 0 Å². The fourth-order valence-electron chi connectivity index (χ4n) is 2.19. The summed E-state index contributed by atoms with van der Waals surface area (Å²) in [5, 5.41) is 4.64. The van der Waals surface area contributed by atoms with Crippen LogP contribution in [0.1, 0.15) is 44.6 Å². The SMILES string of the molecule is CCC(C)n1ccc(Cn2cccc2CC(C)N)n1. The summed E-state index contributed by atoms with van der Waals surface area (Å²) < 4.78 is 4.27. The topological polar surface area (TPSA) is 48.8 Å². The van der Waals surface area contributed by atoms with Crippen LogP contribution >= 0.6 is 0 Å². The molecule has 2 atom stereocenters. The number of aromatic nitrogens is 3. The minimum atomic E-state index is 0.186. The fraction of sp³-hybridized carbons (Fsp3) is 0.533. The minimum Gasteiger partial charge on any atom is -0.345 e. The summed E-state index contributed by atoms with van der Waals surface area (Å²) in [5.74, 6) is 0. The van der Waals surface area contributed by atoms with Crippen molar-refractivity contribution in [2.24, 2.45) is 5.73 Å². The lowest BCUT2D eigenvalue weighted by Crippen LogP contribution is -2.20. The van der Waals surface area contributed by atoms with Crippen molar-refractivity contribution in [1.82, 2.24) is 14.3 Å². The van der Waals surface area contributed by atoms with Crippen molar-refractivity contribution in [3.8, 4) is 0 Å². The molecule has 19 heavy (non-hydrogen) atoms. The molecule has 2 heterocycles. The van der Waals surface area contributed by atoms with Crippen molar-refractivity contribution in [3.63, 3.8) is 0 Å². The van der Waals surface area contributed by atoms with Crippen LogP contribution in [0.4, 0.5) is 0 Å². The largest absolute Gasteiger partial charge is 0.345 e. The van der Waals surface area contributed by atoms with Gasteiger partial charge in [0.2, 0.25) is 0 Å². The summed E-state index contributed by atoms with van der Waals surface area (Å²) in [6.45, 7) is 7.22. The quantitative estimate of drug-likeness (QED) is 0.868.